The van der Waals surface area contributed by atoms with Crippen LogP contribution in [0.15, 0.2) is 89.7 Å². The summed E-state index contributed by atoms with van der Waals surface area (Å²) in [5.41, 5.74) is 3.60. The number of pyridine rings is 1. The van der Waals surface area contributed by atoms with E-state index in [0.29, 0.717) is 5.39 Å². The fourth-order valence-electron chi connectivity index (χ4n) is 3.17. The highest BCUT2D eigenvalue weighted by Crippen LogP contribution is 2.31. The van der Waals surface area contributed by atoms with Gasteiger partial charge in [0.15, 0.2) is 5.43 Å². The molecule has 0 saturated heterocycles. The van der Waals surface area contributed by atoms with Gasteiger partial charge in [0.1, 0.15) is 5.75 Å². The van der Waals surface area contributed by atoms with Gasteiger partial charge in [-0.3, -0.25) is 4.79 Å². The first kappa shape index (κ1) is 15.2. The summed E-state index contributed by atoms with van der Waals surface area (Å²) in [7, 11) is 1.66. The van der Waals surface area contributed by atoms with E-state index in [2.05, 4.69) is 4.57 Å². The van der Waals surface area contributed by atoms with E-state index in [0.717, 1.165) is 28.2 Å². The molecule has 0 fully saturated rings. The third-order valence-electron chi connectivity index (χ3n) is 4.31. The van der Waals surface area contributed by atoms with Gasteiger partial charge in [-0.15, -0.1) is 0 Å². The highest BCUT2D eigenvalue weighted by molar-refractivity contribution is 5.85. The maximum Gasteiger partial charge on any atom is 0.190 e. The number of hydrogen-bond donors (Lipinski definition) is 0. The van der Waals surface area contributed by atoms with Crippen LogP contribution in [0.2, 0.25) is 0 Å². The van der Waals surface area contributed by atoms with E-state index in [1.807, 2.05) is 78.9 Å². The summed E-state index contributed by atoms with van der Waals surface area (Å²) < 4.78 is 7.66. The monoisotopic (exact) mass is 327 g/mol. The largest absolute Gasteiger partial charge is 0.495 e. The minimum Gasteiger partial charge on any atom is -0.495 e. The number of rotatable bonds is 3. The van der Waals surface area contributed by atoms with Crippen LogP contribution in [0.25, 0.3) is 27.8 Å². The average molecular weight is 327 g/mol. The predicted octanol–water partition coefficient (Wildman–Crippen LogP) is 4.67. The second-order valence-corrected chi connectivity index (χ2v) is 5.78. The fraction of sp³-hybridized carbons (Fsp3) is 0.0455. The molecule has 0 saturated carbocycles. The molecular weight excluding hydrogens is 310 g/mol. The number of fused-ring (bicyclic) bond motifs is 1. The van der Waals surface area contributed by atoms with Crippen LogP contribution >= 0.6 is 0 Å². The Bertz CT molecular complexity index is 1100. The molecule has 1 heterocycles. The standard InChI is InChI=1S/C22H17NO2/c1-25-22-14-8-7-13-19(22)23-18-12-6-5-11-17(18)21(24)15-20(23)16-9-3-2-4-10-16/h2-15H,1H3. The first-order chi connectivity index (χ1) is 12.3. The third kappa shape index (κ3) is 2.60. The number of nitrogens with zero attached hydrogens (tertiary/aromatic N) is 1. The fourth-order valence-corrected chi connectivity index (χ4v) is 3.17. The molecule has 4 aromatic rings. The lowest BCUT2D eigenvalue weighted by Crippen LogP contribution is -2.11. The molecule has 3 nitrogen and oxygen atoms in total. The number of methoxy groups -OCH3 is 1. The van der Waals surface area contributed by atoms with E-state index < -0.39 is 0 Å². The second-order valence-electron chi connectivity index (χ2n) is 5.78. The topological polar surface area (TPSA) is 31.2 Å². The van der Waals surface area contributed by atoms with Crippen LogP contribution in [0.4, 0.5) is 0 Å². The van der Waals surface area contributed by atoms with Gasteiger partial charge in [-0.1, -0.05) is 54.6 Å². The molecule has 0 radical (unpaired) electrons. The Morgan fingerprint density at radius 2 is 1.48 bits per heavy atom. The van der Waals surface area contributed by atoms with E-state index >= 15 is 0 Å². The Morgan fingerprint density at radius 1 is 0.800 bits per heavy atom. The maximum atomic E-state index is 12.7. The molecule has 0 spiro atoms. The summed E-state index contributed by atoms with van der Waals surface area (Å²) >= 11 is 0. The summed E-state index contributed by atoms with van der Waals surface area (Å²) in [6.07, 6.45) is 0. The molecule has 0 aliphatic carbocycles. The van der Waals surface area contributed by atoms with Gasteiger partial charge in [-0.2, -0.15) is 0 Å². The lowest BCUT2D eigenvalue weighted by Gasteiger charge is -2.19. The number of aromatic nitrogens is 1. The zero-order chi connectivity index (χ0) is 17.2. The van der Waals surface area contributed by atoms with Crippen molar-refractivity contribution in [3.8, 4) is 22.7 Å². The average Bonchev–Trinajstić information content (AvgIpc) is 2.69. The molecule has 0 unspecified atom stereocenters. The number of ether oxygens (including phenoxy) is 1. The van der Waals surface area contributed by atoms with Crippen LogP contribution < -0.4 is 10.2 Å². The van der Waals surface area contributed by atoms with Gasteiger partial charge < -0.3 is 9.30 Å². The summed E-state index contributed by atoms with van der Waals surface area (Å²) in [5, 5.41) is 0.688. The van der Waals surface area contributed by atoms with Gasteiger partial charge in [-0.05, 0) is 29.8 Å². The lowest BCUT2D eigenvalue weighted by atomic mass is 10.1. The molecular formula is C22H17NO2. The van der Waals surface area contributed by atoms with Crippen molar-refractivity contribution in [1.29, 1.82) is 0 Å². The van der Waals surface area contributed by atoms with E-state index in [1.54, 1.807) is 13.2 Å². The predicted molar refractivity (Wildman–Crippen MR) is 102 cm³/mol. The Balaban J connectivity index is 2.17. The van der Waals surface area contributed by atoms with Gasteiger partial charge in [0.2, 0.25) is 0 Å². The van der Waals surface area contributed by atoms with E-state index in [4.69, 9.17) is 4.74 Å². The first-order valence-electron chi connectivity index (χ1n) is 8.13. The summed E-state index contributed by atoms with van der Waals surface area (Å²) in [4.78, 5) is 12.7. The van der Waals surface area contributed by atoms with Crippen LogP contribution in [-0.4, -0.2) is 11.7 Å². The van der Waals surface area contributed by atoms with Gasteiger partial charge in [0, 0.05) is 11.5 Å². The van der Waals surface area contributed by atoms with Crippen molar-refractivity contribution in [2.45, 2.75) is 0 Å². The first-order valence-corrected chi connectivity index (χ1v) is 8.13. The van der Waals surface area contributed by atoms with Crippen LogP contribution in [0, 0.1) is 0 Å². The highest BCUT2D eigenvalue weighted by atomic mass is 16.5. The Kier molecular flexibility index (Phi) is 3.82. The van der Waals surface area contributed by atoms with E-state index in [1.165, 1.54) is 0 Å². The van der Waals surface area contributed by atoms with Gasteiger partial charge in [-0.25, -0.2) is 0 Å². The van der Waals surface area contributed by atoms with Crippen molar-refractivity contribution in [2.75, 3.05) is 7.11 Å². The van der Waals surface area contributed by atoms with Crippen LogP contribution in [0.3, 0.4) is 0 Å². The quantitative estimate of drug-likeness (QED) is 0.548. The van der Waals surface area contributed by atoms with Crippen molar-refractivity contribution in [1.82, 2.24) is 4.57 Å². The number of benzene rings is 3. The molecule has 1 aromatic heterocycles. The highest BCUT2D eigenvalue weighted by Gasteiger charge is 2.14. The normalized spacial score (nSPS) is 10.8. The molecule has 0 amide bonds. The molecule has 122 valence electrons. The molecule has 3 heteroatoms. The summed E-state index contributed by atoms with van der Waals surface area (Å²) in [5.74, 6) is 0.758. The van der Waals surface area contributed by atoms with Crippen molar-refractivity contribution in [2.24, 2.45) is 0 Å². The van der Waals surface area contributed by atoms with Crippen LogP contribution in [-0.2, 0) is 0 Å². The lowest BCUT2D eigenvalue weighted by molar-refractivity contribution is 0.413. The van der Waals surface area contributed by atoms with Crippen LogP contribution in [0.1, 0.15) is 0 Å². The number of hydrogen-bond acceptors (Lipinski definition) is 2. The molecule has 25 heavy (non-hydrogen) atoms. The van der Waals surface area contributed by atoms with Gasteiger partial charge >= 0.3 is 0 Å². The van der Waals surface area contributed by atoms with Gasteiger partial charge in [0.25, 0.3) is 0 Å². The zero-order valence-corrected chi connectivity index (χ0v) is 13.8. The minimum atomic E-state index is 0.0144. The Labute approximate surface area is 145 Å². The molecule has 3 aromatic carbocycles. The molecule has 0 aliphatic rings. The number of para-hydroxylation sites is 3. The summed E-state index contributed by atoms with van der Waals surface area (Å²) in [6, 6.07) is 27.1. The molecule has 0 N–H and O–H groups in total. The molecule has 0 atom stereocenters. The second kappa shape index (κ2) is 6.29. The van der Waals surface area contributed by atoms with Gasteiger partial charge in [0.05, 0.1) is 24.0 Å². The van der Waals surface area contributed by atoms with Crippen molar-refractivity contribution < 1.29 is 4.74 Å². The minimum absolute atomic E-state index is 0.0144. The Morgan fingerprint density at radius 3 is 2.28 bits per heavy atom. The van der Waals surface area contributed by atoms with Crippen molar-refractivity contribution in [3.63, 3.8) is 0 Å². The zero-order valence-electron chi connectivity index (χ0n) is 13.8. The SMILES string of the molecule is COc1ccccc1-n1c(-c2ccccc2)cc(=O)c2ccccc21. The maximum absolute atomic E-state index is 12.7. The summed E-state index contributed by atoms with van der Waals surface area (Å²) in [6.45, 7) is 0. The third-order valence-corrected chi connectivity index (χ3v) is 4.31. The Hall–Kier alpha value is -3.33. The van der Waals surface area contributed by atoms with Crippen molar-refractivity contribution in [3.05, 3.63) is 95.2 Å². The molecule has 0 aliphatic heterocycles. The van der Waals surface area contributed by atoms with E-state index in [9.17, 15) is 4.79 Å². The van der Waals surface area contributed by atoms with Crippen molar-refractivity contribution >= 4 is 10.9 Å². The van der Waals surface area contributed by atoms with E-state index in [-0.39, 0.29) is 5.43 Å². The molecule has 0 bridgehead atoms. The van der Waals surface area contributed by atoms with Crippen LogP contribution in [0.5, 0.6) is 5.75 Å². The molecule has 4 rings (SSSR count). The smallest absolute Gasteiger partial charge is 0.190 e.